The minimum atomic E-state index is -0.788. The van der Waals surface area contributed by atoms with Gasteiger partial charge in [-0.3, -0.25) is 0 Å². The number of hydrogen-bond acceptors (Lipinski definition) is 0. The molecule has 5 rings (SSSR count). The minimum absolute atomic E-state index is 0.126. The zero-order valence-corrected chi connectivity index (χ0v) is 24.3. The second-order valence-electron chi connectivity index (χ2n) is 12.7. The summed E-state index contributed by atoms with van der Waals surface area (Å²) < 4.78 is 45.0. The van der Waals surface area contributed by atoms with E-state index in [9.17, 15) is 8.78 Å². The average molecular weight is 547 g/mol. The van der Waals surface area contributed by atoms with E-state index in [1.54, 1.807) is 30.3 Å². The number of aryl methyl sites for hydroxylation is 1. The lowest BCUT2D eigenvalue weighted by Crippen LogP contribution is -2.25. The van der Waals surface area contributed by atoms with Crippen LogP contribution in [-0.2, 0) is 6.42 Å². The van der Waals surface area contributed by atoms with Gasteiger partial charge in [0.25, 0.3) is 0 Å². The molecule has 40 heavy (non-hydrogen) atoms. The van der Waals surface area contributed by atoms with Crippen LogP contribution in [0.15, 0.2) is 54.6 Å². The summed E-state index contributed by atoms with van der Waals surface area (Å²) in [5.41, 5.74) is 3.87. The molecule has 3 aromatic carbocycles. The Kier molecular flexibility index (Phi) is 9.71. The zero-order chi connectivity index (χ0) is 28.1. The maximum absolute atomic E-state index is 15.3. The molecule has 0 unspecified atom stereocenters. The fourth-order valence-electron chi connectivity index (χ4n) is 7.29. The van der Waals surface area contributed by atoms with Crippen molar-refractivity contribution in [2.75, 3.05) is 0 Å². The molecule has 0 heterocycles. The van der Waals surface area contributed by atoms with Crippen molar-refractivity contribution in [1.82, 2.24) is 0 Å². The highest BCUT2D eigenvalue weighted by Gasteiger charge is 2.31. The van der Waals surface area contributed by atoms with Crippen LogP contribution in [0.25, 0.3) is 22.3 Å². The molecule has 0 N–H and O–H groups in total. The van der Waals surface area contributed by atoms with Crippen molar-refractivity contribution in [2.24, 2.45) is 17.8 Å². The van der Waals surface area contributed by atoms with E-state index in [-0.39, 0.29) is 11.4 Å². The van der Waals surface area contributed by atoms with Crippen molar-refractivity contribution in [3.8, 4) is 22.3 Å². The number of rotatable bonds is 9. The van der Waals surface area contributed by atoms with E-state index in [2.05, 4.69) is 13.8 Å². The quantitative estimate of drug-likeness (QED) is 0.234. The zero-order valence-electron chi connectivity index (χ0n) is 24.3. The first-order chi connectivity index (χ1) is 19.4. The molecule has 0 amide bonds. The van der Waals surface area contributed by atoms with Gasteiger partial charge in [0.2, 0.25) is 0 Å². The molecule has 0 atom stereocenters. The molecule has 214 valence electrons. The number of unbranched alkanes of at least 4 members (excludes halogenated alkanes) is 3. The molecule has 2 fully saturated rings. The van der Waals surface area contributed by atoms with Crippen molar-refractivity contribution in [3.05, 3.63) is 83.2 Å². The maximum Gasteiger partial charge on any atom is 0.166 e. The van der Waals surface area contributed by atoms with Crippen LogP contribution in [-0.4, -0.2) is 0 Å². The Morgan fingerprint density at radius 3 is 1.90 bits per heavy atom. The fourth-order valence-corrected chi connectivity index (χ4v) is 7.29. The van der Waals surface area contributed by atoms with Gasteiger partial charge in [0.15, 0.2) is 11.6 Å². The SMILES string of the molecule is CCCCCCc1ccc(-c2ccc(-c3ccc(C4CCC(C5CCC(C)CC5)CC4)c(F)c3)cc2)c(F)c1F. The summed E-state index contributed by atoms with van der Waals surface area (Å²) in [6, 6.07) is 16.4. The van der Waals surface area contributed by atoms with Crippen molar-refractivity contribution in [2.45, 2.75) is 103 Å². The van der Waals surface area contributed by atoms with Gasteiger partial charge >= 0.3 is 0 Å². The molecule has 0 bridgehead atoms. The van der Waals surface area contributed by atoms with Crippen LogP contribution < -0.4 is 0 Å². The Balaban J connectivity index is 1.22. The second-order valence-corrected chi connectivity index (χ2v) is 12.7. The van der Waals surface area contributed by atoms with Crippen LogP contribution in [0.5, 0.6) is 0 Å². The van der Waals surface area contributed by atoms with E-state index >= 15 is 4.39 Å². The molecule has 3 heteroatoms. The van der Waals surface area contributed by atoms with Crippen molar-refractivity contribution in [1.29, 1.82) is 0 Å². The number of halogens is 3. The van der Waals surface area contributed by atoms with Gasteiger partial charge in [-0.25, -0.2) is 13.2 Å². The fraction of sp³-hybridized carbons (Fsp3) is 0.514. The second kappa shape index (κ2) is 13.4. The lowest BCUT2D eigenvalue weighted by molar-refractivity contribution is 0.164. The monoisotopic (exact) mass is 546 g/mol. The van der Waals surface area contributed by atoms with Crippen LogP contribution in [0.1, 0.15) is 108 Å². The maximum atomic E-state index is 15.3. The van der Waals surface area contributed by atoms with Crippen LogP contribution in [0.2, 0.25) is 0 Å². The van der Waals surface area contributed by atoms with Gasteiger partial charge in [0, 0.05) is 5.56 Å². The van der Waals surface area contributed by atoms with Crippen LogP contribution in [0.3, 0.4) is 0 Å². The van der Waals surface area contributed by atoms with Gasteiger partial charge in [0.1, 0.15) is 5.82 Å². The van der Waals surface area contributed by atoms with Gasteiger partial charge < -0.3 is 0 Å². The molecular formula is C37H45F3. The predicted octanol–water partition coefficient (Wildman–Crippen LogP) is 11.7. The Labute approximate surface area is 239 Å². The summed E-state index contributed by atoms with van der Waals surface area (Å²) in [6.07, 6.45) is 14.8. The first-order valence-electron chi connectivity index (χ1n) is 15.8. The molecule has 3 aromatic rings. The van der Waals surface area contributed by atoms with E-state index in [1.807, 2.05) is 24.3 Å². The number of benzene rings is 3. The largest absolute Gasteiger partial charge is 0.207 e. The molecule has 0 spiro atoms. The molecule has 0 saturated heterocycles. The van der Waals surface area contributed by atoms with E-state index in [0.29, 0.717) is 23.5 Å². The molecular weight excluding hydrogens is 501 g/mol. The topological polar surface area (TPSA) is 0 Å². The number of hydrogen-bond donors (Lipinski definition) is 0. The average Bonchev–Trinajstić information content (AvgIpc) is 2.98. The standard InChI is InChI=1S/C37H45F3/c1-3-4-5-6-7-31-20-23-34(37(40)36(31)39)30-18-14-28(15-19-30)32-21-22-33(35(38)24-32)29-16-12-27(13-17-29)26-10-8-25(2)9-11-26/h14-15,18-27,29H,3-13,16-17H2,1-2H3. The molecule has 2 saturated carbocycles. The Morgan fingerprint density at radius 1 is 0.625 bits per heavy atom. The van der Waals surface area contributed by atoms with E-state index in [0.717, 1.165) is 73.0 Å². The summed E-state index contributed by atoms with van der Waals surface area (Å²) in [7, 11) is 0. The highest BCUT2D eigenvalue weighted by atomic mass is 19.2. The summed E-state index contributed by atoms with van der Waals surface area (Å²) >= 11 is 0. The summed E-state index contributed by atoms with van der Waals surface area (Å²) in [6.45, 7) is 4.51. The molecule has 0 nitrogen and oxygen atoms in total. The predicted molar refractivity (Wildman–Crippen MR) is 161 cm³/mol. The van der Waals surface area contributed by atoms with Crippen molar-refractivity contribution < 1.29 is 13.2 Å². The Bertz CT molecular complexity index is 1250. The summed E-state index contributed by atoms with van der Waals surface area (Å²) in [5, 5.41) is 0. The van der Waals surface area contributed by atoms with Gasteiger partial charge in [-0.1, -0.05) is 94.5 Å². The first-order valence-corrected chi connectivity index (χ1v) is 15.8. The van der Waals surface area contributed by atoms with Gasteiger partial charge in [-0.05, 0) is 109 Å². The molecule has 2 aliphatic carbocycles. The molecule has 2 aliphatic rings. The van der Waals surface area contributed by atoms with E-state index in [1.165, 1.54) is 38.5 Å². The first kappa shape index (κ1) is 29.0. The Hall–Kier alpha value is -2.55. The van der Waals surface area contributed by atoms with Gasteiger partial charge in [-0.15, -0.1) is 0 Å². The lowest BCUT2D eigenvalue weighted by atomic mass is 9.68. The lowest BCUT2D eigenvalue weighted by Gasteiger charge is -2.37. The molecule has 0 aromatic heterocycles. The Morgan fingerprint density at radius 2 is 1.25 bits per heavy atom. The van der Waals surface area contributed by atoms with E-state index in [4.69, 9.17) is 0 Å². The molecule has 0 radical (unpaired) electrons. The normalized spacial score (nSPS) is 23.3. The van der Waals surface area contributed by atoms with Crippen molar-refractivity contribution in [3.63, 3.8) is 0 Å². The third-order valence-electron chi connectivity index (χ3n) is 9.93. The summed E-state index contributed by atoms with van der Waals surface area (Å²) in [5.74, 6) is 1.25. The van der Waals surface area contributed by atoms with Crippen LogP contribution in [0, 0.1) is 35.2 Å². The van der Waals surface area contributed by atoms with Gasteiger partial charge in [0.05, 0.1) is 0 Å². The highest BCUT2D eigenvalue weighted by Crippen LogP contribution is 2.44. The van der Waals surface area contributed by atoms with Crippen molar-refractivity contribution >= 4 is 0 Å². The molecule has 0 aliphatic heterocycles. The third kappa shape index (κ3) is 6.67. The van der Waals surface area contributed by atoms with Crippen LogP contribution in [0.4, 0.5) is 13.2 Å². The van der Waals surface area contributed by atoms with E-state index < -0.39 is 11.6 Å². The third-order valence-corrected chi connectivity index (χ3v) is 9.93. The summed E-state index contributed by atoms with van der Waals surface area (Å²) in [4.78, 5) is 0. The minimum Gasteiger partial charge on any atom is -0.207 e. The van der Waals surface area contributed by atoms with Crippen LogP contribution >= 0.6 is 0 Å². The highest BCUT2D eigenvalue weighted by molar-refractivity contribution is 5.71. The van der Waals surface area contributed by atoms with Gasteiger partial charge in [-0.2, -0.15) is 0 Å². The smallest absolute Gasteiger partial charge is 0.166 e.